The first-order valence-electron chi connectivity index (χ1n) is 9.66. The van der Waals surface area contributed by atoms with Crippen molar-refractivity contribution in [3.8, 4) is 22.8 Å². The lowest BCUT2D eigenvalue weighted by Crippen LogP contribution is -2.16. The van der Waals surface area contributed by atoms with Gasteiger partial charge in [-0.15, -0.1) is 0 Å². The molecule has 4 rings (SSSR count). The molecule has 4 aromatic rings. The lowest BCUT2D eigenvalue weighted by atomic mass is 10.1. The molecule has 0 aliphatic carbocycles. The first kappa shape index (κ1) is 20.9. The molecule has 0 atom stereocenters. The van der Waals surface area contributed by atoms with Gasteiger partial charge in [0.1, 0.15) is 5.52 Å². The molecule has 1 heterocycles. The van der Waals surface area contributed by atoms with Gasteiger partial charge in [-0.2, -0.15) is 0 Å². The van der Waals surface area contributed by atoms with Gasteiger partial charge in [0, 0.05) is 23.3 Å². The Hall–Kier alpha value is -4.33. The predicted molar refractivity (Wildman–Crippen MR) is 118 cm³/mol. The number of fused-ring (bicyclic) bond motifs is 1. The van der Waals surface area contributed by atoms with Crippen LogP contribution in [0.4, 0.5) is 5.69 Å². The first-order valence-corrected chi connectivity index (χ1v) is 9.66. The van der Waals surface area contributed by atoms with Crippen molar-refractivity contribution in [2.45, 2.75) is 0 Å². The van der Waals surface area contributed by atoms with E-state index in [-0.39, 0.29) is 11.3 Å². The summed E-state index contributed by atoms with van der Waals surface area (Å²) in [5.74, 6) is 0.212. The van der Waals surface area contributed by atoms with Crippen molar-refractivity contribution in [3.63, 3.8) is 0 Å². The number of anilines is 1. The smallest absolute Gasteiger partial charge is 0.340 e. The van der Waals surface area contributed by atoms with Gasteiger partial charge in [-0.05, 0) is 18.2 Å². The number of rotatable bonds is 6. The third-order valence-corrected chi connectivity index (χ3v) is 4.95. The van der Waals surface area contributed by atoms with Crippen LogP contribution in [-0.2, 0) is 4.74 Å². The second-order valence-electron chi connectivity index (χ2n) is 6.81. The summed E-state index contributed by atoms with van der Waals surface area (Å²) >= 11 is 0. The van der Waals surface area contributed by atoms with Gasteiger partial charge in [0.15, 0.2) is 17.3 Å². The molecule has 162 valence electrons. The van der Waals surface area contributed by atoms with Gasteiger partial charge in [0.25, 0.3) is 5.91 Å². The highest BCUT2D eigenvalue weighted by Gasteiger charge is 2.20. The largest absolute Gasteiger partial charge is 0.493 e. The fourth-order valence-corrected chi connectivity index (χ4v) is 3.34. The summed E-state index contributed by atoms with van der Waals surface area (Å²) in [4.78, 5) is 25.3. The number of hydrogen-bond acceptors (Lipinski definition) is 7. The molecule has 0 saturated carbocycles. The number of ether oxygens (including phenoxy) is 3. The number of hydrogen-bond donors (Lipinski definition) is 1. The van der Waals surface area contributed by atoms with Crippen LogP contribution in [0.5, 0.6) is 11.5 Å². The Morgan fingerprint density at radius 1 is 0.906 bits per heavy atom. The van der Waals surface area contributed by atoms with Gasteiger partial charge < -0.3 is 24.1 Å². The summed E-state index contributed by atoms with van der Waals surface area (Å²) < 4.78 is 20.9. The van der Waals surface area contributed by atoms with E-state index in [9.17, 15) is 9.59 Å². The van der Waals surface area contributed by atoms with Gasteiger partial charge in [-0.1, -0.05) is 35.5 Å². The van der Waals surface area contributed by atoms with Crippen molar-refractivity contribution >= 4 is 28.5 Å². The average molecular weight is 432 g/mol. The van der Waals surface area contributed by atoms with E-state index < -0.39 is 11.9 Å². The minimum absolute atomic E-state index is 0.134. The van der Waals surface area contributed by atoms with Crippen LogP contribution in [0, 0.1) is 0 Å². The maximum absolute atomic E-state index is 13.1. The average Bonchev–Trinajstić information content (AvgIpc) is 3.27. The number of aromatic nitrogens is 1. The van der Waals surface area contributed by atoms with E-state index in [1.807, 2.05) is 30.3 Å². The van der Waals surface area contributed by atoms with E-state index in [0.29, 0.717) is 33.7 Å². The van der Waals surface area contributed by atoms with Gasteiger partial charge in [-0.3, -0.25) is 4.79 Å². The topological polar surface area (TPSA) is 99.9 Å². The molecule has 0 aliphatic rings. The van der Waals surface area contributed by atoms with Gasteiger partial charge in [-0.25, -0.2) is 4.79 Å². The lowest BCUT2D eigenvalue weighted by Gasteiger charge is -2.14. The zero-order valence-electron chi connectivity index (χ0n) is 17.7. The number of methoxy groups -OCH3 is 3. The summed E-state index contributed by atoms with van der Waals surface area (Å²) in [6.07, 6.45) is 0. The van der Waals surface area contributed by atoms with Crippen LogP contribution in [0.1, 0.15) is 20.7 Å². The Kier molecular flexibility index (Phi) is 5.76. The Morgan fingerprint density at radius 2 is 1.62 bits per heavy atom. The fraction of sp³-hybridized carbons (Fsp3) is 0.125. The molecule has 3 aromatic carbocycles. The highest BCUT2D eigenvalue weighted by molar-refractivity contribution is 6.10. The summed E-state index contributed by atoms with van der Waals surface area (Å²) in [5.41, 5.74) is 2.20. The highest BCUT2D eigenvalue weighted by Crippen LogP contribution is 2.34. The summed E-state index contributed by atoms with van der Waals surface area (Å²) in [6, 6.07) is 17.5. The van der Waals surface area contributed by atoms with Crippen LogP contribution in [-0.4, -0.2) is 38.4 Å². The molecule has 1 amide bonds. The van der Waals surface area contributed by atoms with E-state index >= 15 is 0 Å². The lowest BCUT2D eigenvalue weighted by molar-refractivity contribution is 0.0601. The van der Waals surface area contributed by atoms with E-state index in [4.69, 9.17) is 18.7 Å². The van der Waals surface area contributed by atoms with Crippen molar-refractivity contribution in [1.82, 2.24) is 5.16 Å². The molecule has 0 unspecified atom stereocenters. The quantitative estimate of drug-likeness (QED) is 0.446. The number of benzene rings is 3. The van der Waals surface area contributed by atoms with E-state index in [0.717, 1.165) is 5.56 Å². The minimum Gasteiger partial charge on any atom is -0.493 e. The molecule has 32 heavy (non-hydrogen) atoms. The summed E-state index contributed by atoms with van der Waals surface area (Å²) in [7, 11) is 4.18. The van der Waals surface area contributed by atoms with Crippen LogP contribution in [0.15, 0.2) is 65.2 Å². The maximum Gasteiger partial charge on any atom is 0.340 e. The number of esters is 1. The van der Waals surface area contributed by atoms with Crippen molar-refractivity contribution in [3.05, 3.63) is 71.8 Å². The maximum atomic E-state index is 13.1. The number of carbonyl (C=O) groups is 2. The molecule has 0 spiro atoms. The minimum atomic E-state index is -0.623. The van der Waals surface area contributed by atoms with Crippen molar-refractivity contribution in [2.75, 3.05) is 26.6 Å². The Balaban J connectivity index is 1.72. The second-order valence-corrected chi connectivity index (χ2v) is 6.81. The molecule has 0 fully saturated rings. The number of nitrogens with one attached hydrogen (secondary N) is 1. The van der Waals surface area contributed by atoms with E-state index in [1.54, 1.807) is 18.2 Å². The molecule has 1 N–H and O–H groups in total. The monoisotopic (exact) mass is 432 g/mol. The molecule has 8 nitrogen and oxygen atoms in total. The van der Waals surface area contributed by atoms with Crippen LogP contribution >= 0.6 is 0 Å². The van der Waals surface area contributed by atoms with Crippen LogP contribution in [0.3, 0.4) is 0 Å². The van der Waals surface area contributed by atoms with Crippen molar-refractivity contribution < 1.29 is 28.3 Å². The summed E-state index contributed by atoms with van der Waals surface area (Å²) in [5, 5.41) is 7.53. The Morgan fingerprint density at radius 3 is 2.31 bits per heavy atom. The van der Waals surface area contributed by atoms with Crippen LogP contribution < -0.4 is 14.8 Å². The van der Waals surface area contributed by atoms with Gasteiger partial charge >= 0.3 is 5.97 Å². The Labute approximate surface area is 183 Å². The third kappa shape index (κ3) is 3.85. The van der Waals surface area contributed by atoms with E-state index in [2.05, 4.69) is 10.5 Å². The van der Waals surface area contributed by atoms with E-state index in [1.165, 1.54) is 33.5 Å². The van der Waals surface area contributed by atoms with Gasteiger partial charge in [0.05, 0.1) is 38.0 Å². The third-order valence-electron chi connectivity index (χ3n) is 4.95. The zero-order chi connectivity index (χ0) is 22.7. The van der Waals surface area contributed by atoms with Crippen LogP contribution in [0.25, 0.3) is 22.2 Å². The molecule has 0 saturated heterocycles. The Bertz CT molecular complexity index is 1300. The van der Waals surface area contributed by atoms with Crippen molar-refractivity contribution in [2.24, 2.45) is 0 Å². The molecular weight excluding hydrogens is 412 g/mol. The molecule has 1 aromatic heterocycles. The molecule has 0 bridgehead atoms. The zero-order valence-corrected chi connectivity index (χ0v) is 17.7. The standard InChI is InChI=1S/C24H20N2O6/c1-29-20-12-17(24(28)31-3)19(13-21(20)30-2)25-23(27)15-9-10-18-16(11-15)22(32-26-18)14-7-5-4-6-8-14/h4-13H,1-3H3,(H,25,27). The number of carbonyl (C=O) groups excluding carboxylic acids is 2. The van der Waals surface area contributed by atoms with Crippen LogP contribution in [0.2, 0.25) is 0 Å². The molecular formula is C24H20N2O6. The molecule has 0 aliphatic heterocycles. The normalized spacial score (nSPS) is 10.6. The molecule has 8 heteroatoms. The summed E-state index contributed by atoms with van der Waals surface area (Å²) in [6.45, 7) is 0. The first-order chi connectivity index (χ1) is 15.5. The van der Waals surface area contributed by atoms with Crippen molar-refractivity contribution in [1.29, 1.82) is 0 Å². The second kappa shape index (κ2) is 8.81. The highest BCUT2D eigenvalue weighted by atomic mass is 16.5. The molecule has 0 radical (unpaired) electrons. The fourth-order valence-electron chi connectivity index (χ4n) is 3.34. The number of amides is 1. The SMILES string of the molecule is COC(=O)c1cc(OC)c(OC)cc1NC(=O)c1ccc2noc(-c3ccccc3)c2c1. The van der Waals surface area contributed by atoms with Gasteiger partial charge in [0.2, 0.25) is 0 Å². The predicted octanol–water partition coefficient (Wildman–Crippen LogP) is 4.55. The number of nitrogens with zero attached hydrogens (tertiary/aromatic N) is 1.